The number of hydroxylamine groups is 2. The van der Waals surface area contributed by atoms with Crippen molar-refractivity contribution >= 4 is 70.7 Å². The van der Waals surface area contributed by atoms with E-state index < -0.39 is 108 Å². The number of nitrogens with zero attached hydrogens (tertiary/aromatic N) is 3. The highest BCUT2D eigenvalue weighted by molar-refractivity contribution is 6.37. The number of halogens is 2. The van der Waals surface area contributed by atoms with Gasteiger partial charge in [-0.2, -0.15) is 0 Å². The summed E-state index contributed by atoms with van der Waals surface area (Å²) in [5.41, 5.74) is 0.205. The molecule has 0 aromatic heterocycles. The molecule has 0 radical (unpaired) electrons. The minimum Gasteiger partial charge on any atom is -0.503 e. The van der Waals surface area contributed by atoms with Crippen molar-refractivity contribution in [2.24, 2.45) is 17.8 Å². The first-order valence-corrected chi connectivity index (χ1v) is 21.7. The van der Waals surface area contributed by atoms with Gasteiger partial charge in [0.15, 0.2) is 11.5 Å². The molecule has 2 fully saturated rings. The van der Waals surface area contributed by atoms with Crippen LogP contribution >= 0.6 is 23.2 Å². The topological polar surface area (TPSA) is 276 Å². The summed E-state index contributed by atoms with van der Waals surface area (Å²) in [6.07, 6.45) is -1.42. The van der Waals surface area contributed by atoms with Crippen LogP contribution in [-0.2, 0) is 33.6 Å². The number of nitrogens with one attached hydrogen (secondary N) is 3. The van der Waals surface area contributed by atoms with Gasteiger partial charge in [0, 0.05) is 13.0 Å². The summed E-state index contributed by atoms with van der Waals surface area (Å²) in [5.74, 6) is -8.75. The quantitative estimate of drug-likeness (QED) is 0.0429. The van der Waals surface area contributed by atoms with Gasteiger partial charge in [0.25, 0.3) is 11.8 Å². The number of carbonyl (C=O) groups excluding carboxylic acids is 6. The molecule has 352 valence electrons. The molecule has 2 aliphatic heterocycles. The number of carboxylic acids is 1. The molecule has 0 spiro atoms. The molecule has 8 N–H and O–H groups in total. The third kappa shape index (κ3) is 13.2. The minimum atomic E-state index is -1.70. The zero-order valence-electron chi connectivity index (χ0n) is 37.0. The summed E-state index contributed by atoms with van der Waals surface area (Å²) in [5, 5.41) is 61.0. The van der Waals surface area contributed by atoms with E-state index in [-0.39, 0.29) is 70.5 Å². The first kappa shape index (κ1) is 52.7. The Morgan fingerprint density at radius 3 is 1.97 bits per heavy atom. The normalized spacial score (nSPS) is 21.4. The van der Waals surface area contributed by atoms with Crippen LogP contribution in [0.3, 0.4) is 0 Å². The van der Waals surface area contributed by atoms with E-state index in [9.17, 15) is 59.2 Å². The highest BCUT2D eigenvalue weighted by Gasteiger charge is 2.48. The van der Waals surface area contributed by atoms with Gasteiger partial charge in [-0.15, -0.1) is 0 Å². The SMILES string of the molecule is COc1c(Cl)cc(C=C(O)C(=O)NC(C(=O)NC(CC(C)C)C(=O)N2C(C(=O)NC(CC(C)C)C(=O)N(O)C(C(=O)N3CCCC3C(=O)O)C(C)C)CC(O)C2C)C(C)O)cc1Cl. The first-order chi connectivity index (χ1) is 29.3. The summed E-state index contributed by atoms with van der Waals surface area (Å²) in [6.45, 7) is 13.0. The van der Waals surface area contributed by atoms with Gasteiger partial charge in [-0.3, -0.25) is 34.0 Å². The number of amides is 6. The number of likely N-dealkylation sites (tertiary alicyclic amines) is 2. The first-order valence-electron chi connectivity index (χ1n) is 20.9. The molecule has 0 bridgehead atoms. The summed E-state index contributed by atoms with van der Waals surface area (Å²) in [4.78, 5) is 97.2. The lowest BCUT2D eigenvalue weighted by Crippen LogP contribution is -2.61. The largest absolute Gasteiger partial charge is 0.503 e. The summed E-state index contributed by atoms with van der Waals surface area (Å²) in [7, 11) is 1.35. The highest BCUT2D eigenvalue weighted by atomic mass is 35.5. The standard InChI is InChI=1S/C42H62Cl2N6O13/c1-19(2)13-27(46-38(56)33(23(8)51)47-37(55)32(53)17-24-15-25(43)35(63-9)26(44)16-24)39(57)49-22(7)31(52)18-30(49)36(54)45-28(14-20(3)4)40(58)50(62)34(21(5)6)41(59)48-12-10-11-29(48)42(60)61/h15-17,19-23,27-31,33-34,51-53,62H,10-14,18H2,1-9H3,(H,45,54)(H,46,56)(H,47,55)(H,60,61). The van der Waals surface area contributed by atoms with Crippen molar-refractivity contribution in [1.82, 2.24) is 30.8 Å². The van der Waals surface area contributed by atoms with Crippen LogP contribution in [0.1, 0.15) is 93.1 Å². The van der Waals surface area contributed by atoms with Crippen LogP contribution in [0.15, 0.2) is 17.9 Å². The van der Waals surface area contributed by atoms with Gasteiger partial charge in [0.1, 0.15) is 36.3 Å². The van der Waals surface area contributed by atoms with Crippen LogP contribution in [-0.4, -0.2) is 150 Å². The Balaban J connectivity index is 1.87. The lowest BCUT2D eigenvalue weighted by Gasteiger charge is -2.36. The molecule has 2 heterocycles. The molecule has 19 nitrogen and oxygen atoms in total. The zero-order chi connectivity index (χ0) is 47.8. The van der Waals surface area contributed by atoms with E-state index in [0.717, 1.165) is 15.9 Å². The maximum atomic E-state index is 14.5. The number of aliphatic hydroxyl groups excluding tert-OH is 3. The predicted molar refractivity (Wildman–Crippen MR) is 230 cm³/mol. The van der Waals surface area contributed by atoms with E-state index in [1.165, 1.54) is 33.1 Å². The molecule has 9 atom stereocenters. The van der Waals surface area contributed by atoms with E-state index in [1.54, 1.807) is 41.5 Å². The number of benzene rings is 1. The molecule has 0 saturated carbocycles. The third-order valence-corrected chi connectivity index (χ3v) is 11.6. The Bertz CT molecular complexity index is 1870. The van der Waals surface area contributed by atoms with E-state index in [2.05, 4.69) is 16.0 Å². The number of aliphatic carboxylic acids is 1. The number of carboxylic acid groups (broad SMARTS) is 1. The monoisotopic (exact) mass is 928 g/mol. The predicted octanol–water partition coefficient (Wildman–Crippen LogP) is 2.50. The summed E-state index contributed by atoms with van der Waals surface area (Å²) in [6, 6.07) is -6.76. The summed E-state index contributed by atoms with van der Waals surface area (Å²) < 4.78 is 5.10. The summed E-state index contributed by atoms with van der Waals surface area (Å²) >= 11 is 12.3. The van der Waals surface area contributed by atoms with Crippen LogP contribution in [0.4, 0.5) is 0 Å². The Hall–Kier alpha value is -4.69. The van der Waals surface area contributed by atoms with Crippen molar-refractivity contribution in [2.45, 2.75) is 142 Å². The second-order valence-electron chi connectivity index (χ2n) is 17.3. The molecular weight excluding hydrogens is 867 g/mol. The zero-order valence-corrected chi connectivity index (χ0v) is 38.5. The highest BCUT2D eigenvalue weighted by Crippen LogP contribution is 2.34. The fourth-order valence-electron chi connectivity index (χ4n) is 7.82. The van der Waals surface area contributed by atoms with E-state index in [0.29, 0.717) is 6.42 Å². The average molecular weight is 930 g/mol. The molecule has 1 aromatic carbocycles. The number of hydrogen-bond acceptors (Lipinski definition) is 12. The molecular formula is C42H62Cl2N6O13. The maximum absolute atomic E-state index is 14.5. The Kier molecular flexibility index (Phi) is 19.0. The Morgan fingerprint density at radius 2 is 1.46 bits per heavy atom. The van der Waals surface area contributed by atoms with Crippen molar-refractivity contribution in [2.75, 3.05) is 13.7 Å². The molecule has 2 saturated heterocycles. The minimum absolute atomic E-state index is 0.00114. The van der Waals surface area contributed by atoms with Gasteiger partial charge in [0.2, 0.25) is 23.6 Å². The van der Waals surface area contributed by atoms with Crippen LogP contribution < -0.4 is 20.7 Å². The van der Waals surface area contributed by atoms with Crippen molar-refractivity contribution in [1.29, 1.82) is 0 Å². The van der Waals surface area contributed by atoms with Gasteiger partial charge in [-0.1, -0.05) is 64.7 Å². The van der Waals surface area contributed by atoms with Crippen molar-refractivity contribution < 1.29 is 63.9 Å². The van der Waals surface area contributed by atoms with Crippen molar-refractivity contribution in [3.8, 4) is 5.75 Å². The lowest BCUT2D eigenvalue weighted by atomic mass is 9.98. The molecule has 6 amide bonds. The van der Waals surface area contributed by atoms with E-state index in [1.807, 2.05) is 0 Å². The van der Waals surface area contributed by atoms with Gasteiger partial charge in [-0.05, 0) is 81.1 Å². The van der Waals surface area contributed by atoms with E-state index >= 15 is 0 Å². The van der Waals surface area contributed by atoms with Crippen molar-refractivity contribution in [3.63, 3.8) is 0 Å². The third-order valence-electron chi connectivity index (χ3n) is 11.0. The van der Waals surface area contributed by atoms with Gasteiger partial charge in [-0.25, -0.2) is 9.86 Å². The van der Waals surface area contributed by atoms with Crippen LogP contribution in [0, 0.1) is 17.8 Å². The van der Waals surface area contributed by atoms with Gasteiger partial charge >= 0.3 is 5.97 Å². The Morgan fingerprint density at radius 1 is 0.889 bits per heavy atom. The molecule has 0 aliphatic carbocycles. The molecule has 63 heavy (non-hydrogen) atoms. The second-order valence-corrected chi connectivity index (χ2v) is 18.1. The van der Waals surface area contributed by atoms with E-state index in [4.69, 9.17) is 27.9 Å². The van der Waals surface area contributed by atoms with Crippen LogP contribution in [0.2, 0.25) is 10.0 Å². The maximum Gasteiger partial charge on any atom is 0.326 e. The number of aliphatic hydroxyl groups is 3. The number of carbonyl (C=O) groups is 7. The van der Waals surface area contributed by atoms with Crippen molar-refractivity contribution in [3.05, 3.63) is 33.5 Å². The lowest BCUT2D eigenvalue weighted by molar-refractivity contribution is -0.190. The number of ether oxygens (including phenoxy) is 1. The molecule has 2 aliphatic rings. The molecule has 3 rings (SSSR count). The smallest absolute Gasteiger partial charge is 0.326 e. The average Bonchev–Trinajstić information content (AvgIpc) is 3.79. The fourth-order valence-corrected chi connectivity index (χ4v) is 8.48. The molecule has 21 heteroatoms. The number of hydrogen-bond donors (Lipinski definition) is 8. The Labute approximate surface area is 377 Å². The number of rotatable bonds is 19. The van der Waals surface area contributed by atoms with Crippen LogP contribution in [0.5, 0.6) is 5.75 Å². The number of methoxy groups -OCH3 is 1. The molecule has 1 aromatic rings. The van der Waals surface area contributed by atoms with Gasteiger partial charge < -0.3 is 50.9 Å². The second kappa shape index (κ2) is 22.8. The van der Waals surface area contributed by atoms with Gasteiger partial charge in [0.05, 0.1) is 35.4 Å². The molecule has 9 unspecified atom stereocenters. The van der Waals surface area contributed by atoms with Crippen LogP contribution in [0.25, 0.3) is 6.08 Å². The fraction of sp³-hybridized carbons (Fsp3) is 0.643.